The summed E-state index contributed by atoms with van der Waals surface area (Å²) in [6.45, 7) is 5.66. The van der Waals surface area contributed by atoms with Crippen LogP contribution in [-0.2, 0) is 23.9 Å². The van der Waals surface area contributed by atoms with Gasteiger partial charge in [-0.15, -0.1) is 0 Å². The number of esters is 2. The second kappa shape index (κ2) is 10.5. The number of nitrogens with one attached hydrogen (secondary N) is 1. The molecule has 202 valence electrons. The number of anilines is 2. The number of carbonyl (C=O) groups is 5. The topological polar surface area (TPSA) is 119 Å². The van der Waals surface area contributed by atoms with E-state index in [1.807, 2.05) is 20.8 Å². The van der Waals surface area contributed by atoms with Crippen LogP contribution in [0.2, 0.25) is 0 Å². The smallest absolute Gasteiger partial charge is 0.338 e. The van der Waals surface area contributed by atoms with Gasteiger partial charge >= 0.3 is 11.9 Å². The van der Waals surface area contributed by atoms with Crippen molar-refractivity contribution in [3.63, 3.8) is 0 Å². The number of rotatable bonds is 8. The van der Waals surface area contributed by atoms with E-state index in [0.29, 0.717) is 23.5 Å². The molecule has 4 atom stereocenters. The number of nitrogens with zero attached hydrogens (tertiary/aromatic N) is 1. The summed E-state index contributed by atoms with van der Waals surface area (Å²) >= 11 is 0. The highest BCUT2D eigenvalue weighted by molar-refractivity contribution is 6.23. The molecule has 0 spiro atoms. The number of hydrogen-bond acceptors (Lipinski definition) is 7. The van der Waals surface area contributed by atoms with E-state index in [2.05, 4.69) is 11.4 Å². The summed E-state index contributed by atoms with van der Waals surface area (Å²) in [6.07, 6.45) is 2.95. The summed E-state index contributed by atoms with van der Waals surface area (Å²) in [4.78, 5) is 64.6. The minimum atomic E-state index is -0.757. The summed E-state index contributed by atoms with van der Waals surface area (Å²) in [6, 6.07) is 12.3. The van der Waals surface area contributed by atoms with Gasteiger partial charge in [-0.25, -0.2) is 14.5 Å². The number of carbonyl (C=O) groups excluding carboxylic acids is 5. The Morgan fingerprint density at radius 2 is 1.64 bits per heavy atom. The van der Waals surface area contributed by atoms with Crippen molar-refractivity contribution in [3.8, 4) is 0 Å². The molecule has 3 amide bonds. The average Bonchev–Trinajstić information content (AvgIpc) is 3.56. The molecule has 1 saturated heterocycles. The first-order chi connectivity index (χ1) is 18.6. The van der Waals surface area contributed by atoms with E-state index in [1.54, 1.807) is 24.3 Å². The molecule has 2 aromatic rings. The minimum Gasteiger partial charge on any atom is -0.462 e. The lowest BCUT2D eigenvalue weighted by Gasteiger charge is -2.19. The Balaban J connectivity index is 1.16. The van der Waals surface area contributed by atoms with Crippen LogP contribution in [0.1, 0.15) is 47.9 Å². The standard InChI is InChI=1S/C30H30N2O7/c1-16(2)14-38-29(36)18-7-9-21(10-8-18)31-24(33)15-39-30(37)19-5-4-6-22(12-19)32-27(34)25-20-11-17(3)23(13-20)26(25)28(32)35/h4-12,16,20,23,25-26H,13-15H2,1-3H3,(H,31,33)/t20-,23+,25-,26-/m0/s1. The second-order valence-corrected chi connectivity index (χ2v) is 10.7. The van der Waals surface area contributed by atoms with Gasteiger partial charge in [-0.2, -0.15) is 0 Å². The van der Waals surface area contributed by atoms with Crippen molar-refractivity contribution >= 4 is 41.0 Å². The third-order valence-corrected chi connectivity index (χ3v) is 7.51. The summed E-state index contributed by atoms with van der Waals surface area (Å²) < 4.78 is 10.3. The van der Waals surface area contributed by atoms with Gasteiger partial charge in [-0.3, -0.25) is 14.4 Å². The minimum absolute atomic E-state index is 0.0861. The van der Waals surface area contributed by atoms with Crippen LogP contribution in [0.25, 0.3) is 0 Å². The Kier molecular flexibility index (Phi) is 7.08. The predicted molar refractivity (Wildman–Crippen MR) is 142 cm³/mol. The van der Waals surface area contributed by atoms with E-state index in [1.165, 1.54) is 34.7 Å². The fourth-order valence-corrected chi connectivity index (χ4v) is 5.73. The molecule has 0 radical (unpaired) electrons. The van der Waals surface area contributed by atoms with Crippen molar-refractivity contribution in [2.24, 2.45) is 29.6 Å². The van der Waals surface area contributed by atoms with Gasteiger partial charge < -0.3 is 14.8 Å². The van der Waals surface area contributed by atoms with E-state index in [4.69, 9.17) is 9.47 Å². The Morgan fingerprint density at radius 3 is 2.36 bits per heavy atom. The molecule has 9 nitrogen and oxygen atoms in total. The molecular formula is C30H30N2O7. The van der Waals surface area contributed by atoms with Gasteiger partial charge in [0, 0.05) is 5.69 Å². The highest BCUT2D eigenvalue weighted by atomic mass is 16.5. The first-order valence-corrected chi connectivity index (χ1v) is 13.0. The van der Waals surface area contributed by atoms with Crippen LogP contribution < -0.4 is 10.2 Å². The van der Waals surface area contributed by atoms with Gasteiger partial charge in [0.05, 0.1) is 35.3 Å². The van der Waals surface area contributed by atoms with Crippen LogP contribution in [0.15, 0.2) is 60.2 Å². The normalized spacial score (nSPS) is 23.1. The number of amides is 3. The van der Waals surface area contributed by atoms with Gasteiger partial charge in [-0.1, -0.05) is 31.6 Å². The number of ether oxygens (including phenoxy) is 2. The Hall–Kier alpha value is -4.27. The van der Waals surface area contributed by atoms with E-state index < -0.39 is 24.5 Å². The second-order valence-electron chi connectivity index (χ2n) is 10.7. The van der Waals surface area contributed by atoms with Gasteiger partial charge in [-0.05, 0) is 73.6 Å². The molecule has 9 heteroatoms. The number of allylic oxidation sites excluding steroid dienone is 2. The SMILES string of the molecule is CC1=C[C@H]2C[C@H]1[C@@H]1C(=O)N(c3cccc(C(=O)OCC(=O)Nc4ccc(C(=O)OCC(C)C)cc4)c3)C(=O)[C@H]12. The van der Waals surface area contributed by atoms with E-state index in [-0.39, 0.29) is 47.0 Å². The zero-order chi connectivity index (χ0) is 27.8. The third-order valence-electron chi connectivity index (χ3n) is 7.51. The molecule has 1 aliphatic heterocycles. The van der Waals surface area contributed by atoms with E-state index >= 15 is 0 Å². The zero-order valence-corrected chi connectivity index (χ0v) is 22.0. The average molecular weight is 531 g/mol. The first-order valence-electron chi connectivity index (χ1n) is 13.0. The van der Waals surface area contributed by atoms with E-state index in [9.17, 15) is 24.0 Å². The van der Waals surface area contributed by atoms with Crippen LogP contribution in [0, 0.1) is 29.6 Å². The quantitative estimate of drug-likeness (QED) is 0.311. The number of benzene rings is 2. The van der Waals surface area contributed by atoms with Gasteiger partial charge in [0.25, 0.3) is 5.91 Å². The summed E-state index contributed by atoms with van der Waals surface area (Å²) in [5, 5.41) is 2.60. The first kappa shape index (κ1) is 26.3. The fraction of sp³-hybridized carbons (Fsp3) is 0.367. The molecular weight excluding hydrogens is 500 g/mol. The third kappa shape index (κ3) is 5.08. The van der Waals surface area contributed by atoms with Crippen LogP contribution in [0.3, 0.4) is 0 Å². The zero-order valence-electron chi connectivity index (χ0n) is 22.0. The Morgan fingerprint density at radius 1 is 0.949 bits per heavy atom. The molecule has 1 saturated carbocycles. The van der Waals surface area contributed by atoms with Gasteiger partial charge in [0.15, 0.2) is 6.61 Å². The van der Waals surface area contributed by atoms with Crippen LogP contribution in [0.4, 0.5) is 11.4 Å². The van der Waals surface area contributed by atoms with Crippen molar-refractivity contribution in [1.29, 1.82) is 0 Å². The fourth-order valence-electron chi connectivity index (χ4n) is 5.73. The van der Waals surface area contributed by atoms with E-state index in [0.717, 1.165) is 6.42 Å². The van der Waals surface area contributed by atoms with Crippen molar-refractivity contribution < 1.29 is 33.4 Å². The van der Waals surface area contributed by atoms with Crippen LogP contribution >= 0.6 is 0 Å². The van der Waals surface area contributed by atoms with Crippen molar-refractivity contribution in [3.05, 3.63) is 71.3 Å². The maximum atomic E-state index is 13.2. The summed E-state index contributed by atoms with van der Waals surface area (Å²) in [7, 11) is 0. The van der Waals surface area contributed by atoms with Crippen molar-refractivity contribution in [1.82, 2.24) is 0 Å². The Bertz CT molecular complexity index is 1380. The maximum Gasteiger partial charge on any atom is 0.338 e. The Labute approximate surface area is 226 Å². The van der Waals surface area contributed by atoms with Crippen LogP contribution in [0.5, 0.6) is 0 Å². The molecule has 1 N–H and O–H groups in total. The van der Waals surface area contributed by atoms with Crippen molar-refractivity contribution in [2.75, 3.05) is 23.4 Å². The predicted octanol–water partition coefficient (Wildman–Crippen LogP) is 4.00. The summed E-state index contributed by atoms with van der Waals surface area (Å²) in [5.74, 6) is -2.50. The molecule has 2 aromatic carbocycles. The molecule has 2 fully saturated rings. The molecule has 2 aliphatic carbocycles. The molecule has 5 rings (SSSR count). The van der Waals surface area contributed by atoms with Crippen LogP contribution in [-0.4, -0.2) is 42.9 Å². The molecule has 0 aromatic heterocycles. The highest BCUT2D eigenvalue weighted by Crippen LogP contribution is 2.55. The van der Waals surface area contributed by atoms with Gasteiger partial charge in [0.2, 0.25) is 11.8 Å². The monoisotopic (exact) mass is 530 g/mol. The molecule has 0 unspecified atom stereocenters. The molecule has 2 bridgehead atoms. The molecule has 3 aliphatic rings. The van der Waals surface area contributed by atoms with Crippen molar-refractivity contribution in [2.45, 2.75) is 27.2 Å². The lowest BCUT2D eigenvalue weighted by atomic mass is 9.82. The molecule has 1 heterocycles. The number of fused-ring (bicyclic) bond motifs is 5. The number of imide groups is 1. The summed E-state index contributed by atoms with van der Waals surface area (Å²) in [5.41, 5.74) is 2.40. The lowest BCUT2D eigenvalue weighted by Crippen LogP contribution is -2.33. The number of hydrogen-bond donors (Lipinski definition) is 1. The highest BCUT2D eigenvalue weighted by Gasteiger charge is 2.60. The lowest BCUT2D eigenvalue weighted by molar-refractivity contribution is -0.123. The molecule has 39 heavy (non-hydrogen) atoms. The maximum absolute atomic E-state index is 13.2. The van der Waals surface area contributed by atoms with Gasteiger partial charge in [0.1, 0.15) is 0 Å². The largest absolute Gasteiger partial charge is 0.462 e.